The Morgan fingerprint density at radius 3 is 2.88 bits per heavy atom. The Kier molecular flexibility index (Phi) is 2.06. The highest BCUT2D eigenvalue weighted by Gasteiger charge is 2.42. The van der Waals surface area contributed by atoms with Gasteiger partial charge >= 0.3 is 0 Å². The minimum absolute atomic E-state index is 0.183. The molecule has 0 bridgehead atoms. The lowest BCUT2D eigenvalue weighted by molar-refractivity contribution is 0.409. The van der Waals surface area contributed by atoms with Gasteiger partial charge in [-0.1, -0.05) is 0 Å². The van der Waals surface area contributed by atoms with Crippen LogP contribution in [0.15, 0.2) is 27.3 Å². The molecule has 84 valence electrons. The fourth-order valence-corrected chi connectivity index (χ4v) is 2.82. The van der Waals surface area contributed by atoms with Gasteiger partial charge in [0.2, 0.25) is 0 Å². The number of hydrogen-bond acceptors (Lipinski definition) is 3. The molecule has 2 aromatic rings. The fourth-order valence-electron chi connectivity index (χ4n) is 2.00. The average Bonchev–Trinajstić information content (AvgIpc) is 2.82. The van der Waals surface area contributed by atoms with E-state index in [1.807, 2.05) is 12.1 Å². The van der Waals surface area contributed by atoms with E-state index in [0.717, 1.165) is 39.6 Å². The van der Waals surface area contributed by atoms with E-state index < -0.39 is 0 Å². The maximum Gasteiger partial charge on any atom is 0.176 e. The van der Waals surface area contributed by atoms with Gasteiger partial charge in [-0.25, -0.2) is 0 Å². The van der Waals surface area contributed by atoms with Crippen molar-refractivity contribution in [2.75, 3.05) is 7.11 Å². The highest BCUT2D eigenvalue weighted by Crippen LogP contribution is 2.49. The third kappa shape index (κ3) is 1.30. The summed E-state index contributed by atoms with van der Waals surface area (Å²) in [6.45, 7) is 0. The van der Waals surface area contributed by atoms with Crippen LogP contribution in [0.4, 0.5) is 0 Å². The summed E-state index contributed by atoms with van der Waals surface area (Å²) in [5.74, 6) is 0.745. The van der Waals surface area contributed by atoms with Gasteiger partial charge in [0.1, 0.15) is 0 Å². The van der Waals surface area contributed by atoms with Crippen molar-refractivity contribution in [3.05, 3.63) is 28.4 Å². The van der Waals surface area contributed by atoms with E-state index in [2.05, 4.69) is 15.9 Å². The van der Waals surface area contributed by atoms with Crippen molar-refractivity contribution in [1.29, 1.82) is 0 Å². The molecule has 0 unspecified atom stereocenters. The van der Waals surface area contributed by atoms with Crippen LogP contribution in [0.5, 0.6) is 5.75 Å². The number of furan rings is 1. The van der Waals surface area contributed by atoms with Gasteiger partial charge in [0.15, 0.2) is 11.3 Å². The summed E-state index contributed by atoms with van der Waals surface area (Å²) in [6, 6.07) is 3.90. The first-order valence-corrected chi connectivity index (χ1v) is 5.98. The number of ether oxygens (including phenoxy) is 1. The number of fused-ring (bicyclic) bond motifs is 1. The zero-order valence-electron chi connectivity index (χ0n) is 8.92. The summed E-state index contributed by atoms with van der Waals surface area (Å²) in [5, 5.41) is 1.02. The fraction of sp³-hybridized carbons (Fsp3) is 0.333. The standard InChI is InChI=1S/C12H12BrNO2/c1-15-9-6-8(12(14)3-4-12)10(13)7-2-5-16-11(7)9/h2,5-6H,3-4,14H2,1H3. The Hall–Kier alpha value is -1.00. The van der Waals surface area contributed by atoms with Crippen LogP contribution in [0, 0.1) is 0 Å². The highest BCUT2D eigenvalue weighted by molar-refractivity contribution is 9.10. The summed E-state index contributed by atoms with van der Waals surface area (Å²) in [5.41, 5.74) is 7.93. The molecule has 1 fully saturated rings. The van der Waals surface area contributed by atoms with Crippen LogP contribution in [-0.2, 0) is 5.54 Å². The van der Waals surface area contributed by atoms with Crippen LogP contribution in [0.25, 0.3) is 11.0 Å². The van der Waals surface area contributed by atoms with Gasteiger partial charge in [-0.3, -0.25) is 0 Å². The summed E-state index contributed by atoms with van der Waals surface area (Å²) >= 11 is 3.60. The van der Waals surface area contributed by atoms with E-state index in [1.54, 1.807) is 13.4 Å². The van der Waals surface area contributed by atoms with E-state index in [-0.39, 0.29) is 5.54 Å². The number of hydrogen-bond donors (Lipinski definition) is 1. The molecule has 1 heterocycles. The molecule has 1 saturated carbocycles. The smallest absolute Gasteiger partial charge is 0.176 e. The van der Waals surface area contributed by atoms with E-state index in [4.69, 9.17) is 14.9 Å². The van der Waals surface area contributed by atoms with Gasteiger partial charge in [-0.15, -0.1) is 0 Å². The number of benzene rings is 1. The van der Waals surface area contributed by atoms with Crippen molar-refractivity contribution in [1.82, 2.24) is 0 Å². The molecule has 16 heavy (non-hydrogen) atoms. The van der Waals surface area contributed by atoms with Crippen molar-refractivity contribution in [3.8, 4) is 5.75 Å². The van der Waals surface area contributed by atoms with Gasteiger partial charge in [-0.2, -0.15) is 0 Å². The Labute approximate surface area is 102 Å². The normalized spacial score (nSPS) is 17.7. The lowest BCUT2D eigenvalue weighted by Gasteiger charge is -2.14. The van der Waals surface area contributed by atoms with Crippen LogP contribution >= 0.6 is 15.9 Å². The van der Waals surface area contributed by atoms with Gasteiger partial charge in [0.25, 0.3) is 0 Å². The maximum atomic E-state index is 6.24. The molecular formula is C12H12BrNO2. The molecule has 3 nitrogen and oxygen atoms in total. The third-order valence-corrected chi connectivity index (χ3v) is 4.04. The second-order valence-corrected chi connectivity index (χ2v) is 5.05. The van der Waals surface area contributed by atoms with Crippen LogP contribution in [0.2, 0.25) is 0 Å². The summed E-state index contributed by atoms with van der Waals surface area (Å²) in [7, 11) is 1.64. The molecule has 1 aliphatic rings. The van der Waals surface area contributed by atoms with Crippen LogP contribution in [-0.4, -0.2) is 7.11 Å². The van der Waals surface area contributed by atoms with E-state index in [1.165, 1.54) is 0 Å². The molecule has 0 aliphatic heterocycles. The highest BCUT2D eigenvalue weighted by atomic mass is 79.9. The monoisotopic (exact) mass is 281 g/mol. The lowest BCUT2D eigenvalue weighted by atomic mass is 10.0. The second kappa shape index (κ2) is 3.25. The third-order valence-electron chi connectivity index (χ3n) is 3.18. The molecule has 0 amide bonds. The number of rotatable bonds is 2. The van der Waals surface area contributed by atoms with Gasteiger partial charge in [-0.05, 0) is 46.5 Å². The van der Waals surface area contributed by atoms with Crippen LogP contribution < -0.4 is 10.5 Å². The Morgan fingerprint density at radius 2 is 2.25 bits per heavy atom. The molecule has 3 rings (SSSR count). The molecule has 1 aliphatic carbocycles. The molecule has 2 N–H and O–H groups in total. The van der Waals surface area contributed by atoms with Gasteiger partial charge in [0, 0.05) is 15.4 Å². The topological polar surface area (TPSA) is 48.4 Å². The molecule has 0 radical (unpaired) electrons. The predicted octanol–water partition coefficient (Wildman–Crippen LogP) is 3.15. The first-order valence-electron chi connectivity index (χ1n) is 5.19. The molecule has 1 aromatic carbocycles. The van der Waals surface area contributed by atoms with Crippen molar-refractivity contribution >= 4 is 26.9 Å². The average molecular weight is 282 g/mol. The minimum atomic E-state index is -0.183. The van der Waals surface area contributed by atoms with Crippen molar-refractivity contribution in [2.45, 2.75) is 18.4 Å². The number of halogens is 1. The zero-order valence-corrected chi connectivity index (χ0v) is 10.5. The molecule has 1 aromatic heterocycles. The van der Waals surface area contributed by atoms with Crippen LogP contribution in [0.1, 0.15) is 18.4 Å². The molecule has 0 spiro atoms. The van der Waals surface area contributed by atoms with E-state index in [0.29, 0.717) is 0 Å². The summed E-state index contributed by atoms with van der Waals surface area (Å²) in [6.07, 6.45) is 3.72. The largest absolute Gasteiger partial charge is 0.493 e. The number of methoxy groups -OCH3 is 1. The Bertz CT molecular complexity index is 557. The zero-order chi connectivity index (χ0) is 11.3. The van der Waals surface area contributed by atoms with Crippen LogP contribution in [0.3, 0.4) is 0 Å². The van der Waals surface area contributed by atoms with Crippen molar-refractivity contribution < 1.29 is 9.15 Å². The quantitative estimate of drug-likeness (QED) is 0.920. The Balaban J connectivity index is 2.33. The molecular weight excluding hydrogens is 270 g/mol. The summed E-state index contributed by atoms with van der Waals surface area (Å²) in [4.78, 5) is 0. The van der Waals surface area contributed by atoms with E-state index in [9.17, 15) is 0 Å². The molecule has 4 heteroatoms. The van der Waals surface area contributed by atoms with Gasteiger partial charge < -0.3 is 14.9 Å². The lowest BCUT2D eigenvalue weighted by Crippen LogP contribution is -2.19. The molecule has 0 saturated heterocycles. The van der Waals surface area contributed by atoms with E-state index >= 15 is 0 Å². The van der Waals surface area contributed by atoms with Gasteiger partial charge in [0.05, 0.1) is 13.4 Å². The van der Waals surface area contributed by atoms with Crippen molar-refractivity contribution in [3.63, 3.8) is 0 Å². The summed E-state index contributed by atoms with van der Waals surface area (Å²) < 4.78 is 11.8. The predicted molar refractivity (Wildman–Crippen MR) is 65.6 cm³/mol. The maximum absolute atomic E-state index is 6.24. The first-order chi connectivity index (χ1) is 7.65. The Morgan fingerprint density at radius 1 is 1.50 bits per heavy atom. The first kappa shape index (κ1) is 10.2. The minimum Gasteiger partial charge on any atom is -0.493 e. The SMILES string of the molecule is COc1cc(C2(N)CC2)c(Br)c2ccoc12. The molecule has 0 atom stereocenters. The number of nitrogens with two attached hydrogens (primary N) is 1. The second-order valence-electron chi connectivity index (χ2n) is 4.26. The van der Waals surface area contributed by atoms with Crippen molar-refractivity contribution in [2.24, 2.45) is 5.73 Å².